The third-order valence-corrected chi connectivity index (χ3v) is 4.74. The molecule has 2 fully saturated rings. The zero-order chi connectivity index (χ0) is 17.6. The second-order valence-electron chi connectivity index (χ2n) is 6.35. The zero-order valence-electron chi connectivity index (χ0n) is 13.1. The molecule has 1 saturated carbocycles. The van der Waals surface area contributed by atoms with Crippen molar-refractivity contribution in [2.45, 2.75) is 6.10 Å². The molecule has 3 atom stereocenters. The maximum Gasteiger partial charge on any atom is 0.407 e. The van der Waals surface area contributed by atoms with Crippen LogP contribution in [0.4, 0.5) is 9.18 Å². The number of hydrogen-bond donors (Lipinski definition) is 1. The molecule has 2 heterocycles. The molecule has 1 saturated heterocycles. The minimum atomic E-state index is -0.911. The molecular weight excluding hydrogens is 327 g/mol. The van der Waals surface area contributed by atoms with E-state index >= 15 is 0 Å². The molecule has 1 aromatic carbocycles. The van der Waals surface area contributed by atoms with E-state index in [-0.39, 0.29) is 23.8 Å². The summed E-state index contributed by atoms with van der Waals surface area (Å²) in [7, 11) is 0. The number of hydrogen-bond acceptors (Lipinski definition) is 4. The number of ether oxygens (including phenoxy) is 1. The summed E-state index contributed by atoms with van der Waals surface area (Å²) in [4.78, 5) is 27.9. The Labute approximate surface area is 142 Å². The quantitative estimate of drug-likeness (QED) is 0.864. The summed E-state index contributed by atoms with van der Waals surface area (Å²) in [5.74, 6) is 0.324. The summed E-state index contributed by atoms with van der Waals surface area (Å²) in [6, 6.07) is 9.02. The average molecular weight is 342 g/mol. The molecule has 25 heavy (non-hydrogen) atoms. The zero-order valence-corrected chi connectivity index (χ0v) is 13.1. The van der Waals surface area contributed by atoms with E-state index in [4.69, 9.17) is 9.84 Å². The van der Waals surface area contributed by atoms with E-state index in [1.54, 1.807) is 24.3 Å². The number of nitrogens with zero attached hydrogens (tertiary/aromatic N) is 2. The molecule has 128 valence electrons. The molecule has 0 unspecified atom stereocenters. The van der Waals surface area contributed by atoms with Gasteiger partial charge in [0.15, 0.2) is 0 Å². The SMILES string of the molecule is O=Cc1cc(O[C@@H]2[C@@H]3CN(C(=O)O)C[C@@H]32)nc(-c2ccc(F)cc2)c1. The molecule has 2 aliphatic rings. The third kappa shape index (κ3) is 2.93. The van der Waals surface area contributed by atoms with Crippen molar-refractivity contribution in [2.24, 2.45) is 11.8 Å². The van der Waals surface area contributed by atoms with Crippen molar-refractivity contribution in [3.8, 4) is 17.1 Å². The second-order valence-corrected chi connectivity index (χ2v) is 6.35. The number of aldehydes is 1. The molecule has 1 N–H and O–H groups in total. The molecule has 7 heteroatoms. The highest BCUT2D eigenvalue weighted by molar-refractivity contribution is 5.78. The lowest BCUT2D eigenvalue weighted by Crippen LogP contribution is -2.31. The van der Waals surface area contributed by atoms with Gasteiger partial charge < -0.3 is 14.7 Å². The number of carbonyl (C=O) groups excluding carboxylic acids is 1. The Bertz CT molecular complexity index is 827. The van der Waals surface area contributed by atoms with Gasteiger partial charge in [0.1, 0.15) is 18.2 Å². The molecule has 2 aromatic rings. The monoisotopic (exact) mass is 342 g/mol. The second kappa shape index (κ2) is 5.84. The molecular formula is C18H15FN2O4. The minimum Gasteiger partial charge on any atom is -0.474 e. The van der Waals surface area contributed by atoms with Crippen molar-refractivity contribution in [3.05, 3.63) is 47.8 Å². The van der Waals surface area contributed by atoms with Gasteiger partial charge in [-0.2, -0.15) is 0 Å². The molecule has 0 radical (unpaired) electrons. The van der Waals surface area contributed by atoms with Gasteiger partial charge >= 0.3 is 6.09 Å². The molecule has 1 aliphatic carbocycles. The first-order valence-electron chi connectivity index (χ1n) is 7.93. The van der Waals surface area contributed by atoms with E-state index in [9.17, 15) is 14.0 Å². The number of amides is 1. The summed E-state index contributed by atoms with van der Waals surface area (Å²) in [5, 5.41) is 8.99. The fraction of sp³-hybridized carbons (Fsp3) is 0.278. The Morgan fingerprint density at radius 3 is 2.52 bits per heavy atom. The number of fused-ring (bicyclic) bond motifs is 1. The van der Waals surface area contributed by atoms with Crippen LogP contribution in [-0.4, -0.2) is 46.6 Å². The van der Waals surface area contributed by atoms with Crippen LogP contribution in [0.25, 0.3) is 11.3 Å². The fourth-order valence-corrected chi connectivity index (χ4v) is 3.36. The van der Waals surface area contributed by atoms with Gasteiger partial charge in [-0.3, -0.25) is 4.79 Å². The lowest BCUT2D eigenvalue weighted by Gasteiger charge is -2.16. The van der Waals surface area contributed by atoms with Crippen LogP contribution >= 0.6 is 0 Å². The first-order valence-corrected chi connectivity index (χ1v) is 7.93. The smallest absolute Gasteiger partial charge is 0.407 e. The molecule has 1 aliphatic heterocycles. The summed E-state index contributed by atoms with van der Waals surface area (Å²) >= 11 is 0. The van der Waals surface area contributed by atoms with Crippen molar-refractivity contribution in [1.29, 1.82) is 0 Å². The van der Waals surface area contributed by atoms with Gasteiger partial charge in [-0.1, -0.05) is 0 Å². The highest BCUT2D eigenvalue weighted by Crippen LogP contribution is 2.47. The number of piperidine rings is 1. The van der Waals surface area contributed by atoms with Crippen LogP contribution < -0.4 is 4.74 Å². The van der Waals surface area contributed by atoms with Gasteiger partial charge in [0.2, 0.25) is 5.88 Å². The predicted octanol–water partition coefficient (Wildman–Crippen LogP) is 2.69. The van der Waals surface area contributed by atoms with E-state index in [2.05, 4.69) is 4.98 Å². The maximum atomic E-state index is 13.1. The Morgan fingerprint density at radius 1 is 1.24 bits per heavy atom. The lowest BCUT2D eigenvalue weighted by atomic mass is 10.1. The first kappa shape index (κ1) is 15.6. The van der Waals surface area contributed by atoms with Crippen molar-refractivity contribution in [3.63, 3.8) is 0 Å². The lowest BCUT2D eigenvalue weighted by molar-refractivity contribution is 0.112. The standard InChI is InChI=1S/C18H15FN2O4/c19-12-3-1-11(2-4-12)15-5-10(9-22)6-16(20-15)25-17-13-7-21(18(23)24)8-14(13)17/h1-6,9,13-14,17H,7-8H2,(H,23,24)/t13-,14+,17-. The molecule has 4 rings (SSSR count). The maximum absolute atomic E-state index is 13.1. The predicted molar refractivity (Wildman–Crippen MR) is 86.0 cm³/mol. The number of benzene rings is 1. The van der Waals surface area contributed by atoms with E-state index < -0.39 is 6.09 Å². The van der Waals surface area contributed by atoms with Crippen LogP contribution in [0.5, 0.6) is 5.88 Å². The Hall–Kier alpha value is -2.96. The van der Waals surface area contributed by atoms with Crippen molar-refractivity contribution >= 4 is 12.4 Å². The molecule has 0 bridgehead atoms. The van der Waals surface area contributed by atoms with E-state index in [1.807, 2.05) is 0 Å². The fourth-order valence-electron chi connectivity index (χ4n) is 3.36. The van der Waals surface area contributed by atoms with Gasteiger partial charge in [-0.15, -0.1) is 0 Å². The third-order valence-electron chi connectivity index (χ3n) is 4.74. The number of rotatable bonds is 4. The van der Waals surface area contributed by atoms with E-state index in [1.165, 1.54) is 17.0 Å². The summed E-state index contributed by atoms with van der Waals surface area (Å²) in [5.41, 5.74) is 1.63. The number of pyridine rings is 1. The average Bonchev–Trinajstić information content (AvgIpc) is 3.05. The van der Waals surface area contributed by atoms with Crippen LogP contribution in [0.3, 0.4) is 0 Å². The molecule has 1 aromatic heterocycles. The number of likely N-dealkylation sites (tertiary alicyclic amines) is 1. The number of carbonyl (C=O) groups is 2. The largest absolute Gasteiger partial charge is 0.474 e. The van der Waals surface area contributed by atoms with Gasteiger partial charge in [0, 0.05) is 42.1 Å². The Kier molecular flexibility index (Phi) is 3.63. The number of halogens is 1. The van der Waals surface area contributed by atoms with E-state index in [0.29, 0.717) is 42.1 Å². The summed E-state index contributed by atoms with van der Waals surface area (Å²) in [6.45, 7) is 0.922. The minimum absolute atomic E-state index is 0.0777. The van der Waals surface area contributed by atoms with Crippen molar-refractivity contribution in [1.82, 2.24) is 9.88 Å². The molecule has 6 nitrogen and oxygen atoms in total. The van der Waals surface area contributed by atoms with Crippen molar-refractivity contribution < 1.29 is 23.8 Å². The molecule has 0 spiro atoms. The normalized spacial score (nSPS) is 23.9. The van der Waals surface area contributed by atoms with Gasteiger partial charge in [-0.25, -0.2) is 14.2 Å². The van der Waals surface area contributed by atoms with Crippen LogP contribution in [0.2, 0.25) is 0 Å². The first-order chi connectivity index (χ1) is 12.0. The Balaban J connectivity index is 1.53. The number of aromatic nitrogens is 1. The van der Waals surface area contributed by atoms with Gasteiger partial charge in [0.25, 0.3) is 0 Å². The topological polar surface area (TPSA) is 79.7 Å². The van der Waals surface area contributed by atoms with E-state index in [0.717, 1.165) is 0 Å². The highest BCUT2D eigenvalue weighted by Gasteiger charge is 2.59. The van der Waals surface area contributed by atoms with Crippen molar-refractivity contribution in [2.75, 3.05) is 13.1 Å². The Morgan fingerprint density at radius 2 is 1.92 bits per heavy atom. The van der Waals surface area contributed by atoms with Gasteiger partial charge in [0.05, 0.1) is 5.69 Å². The van der Waals surface area contributed by atoms with Crippen LogP contribution in [-0.2, 0) is 0 Å². The van der Waals surface area contributed by atoms with Gasteiger partial charge in [-0.05, 0) is 30.3 Å². The highest BCUT2D eigenvalue weighted by atomic mass is 19.1. The number of carboxylic acid groups (broad SMARTS) is 1. The summed E-state index contributed by atoms with van der Waals surface area (Å²) < 4.78 is 19.0. The molecule has 1 amide bonds. The van der Waals surface area contributed by atoms with Crippen LogP contribution in [0, 0.1) is 17.7 Å². The summed E-state index contributed by atoms with van der Waals surface area (Å²) in [6.07, 6.45) is -0.279. The van der Waals surface area contributed by atoms with Crippen LogP contribution in [0.15, 0.2) is 36.4 Å². The van der Waals surface area contributed by atoms with Crippen LogP contribution in [0.1, 0.15) is 10.4 Å².